The molecule has 22 heavy (non-hydrogen) atoms. The van der Waals surface area contributed by atoms with Crippen LogP contribution in [0.3, 0.4) is 0 Å². The Labute approximate surface area is 135 Å². The van der Waals surface area contributed by atoms with Gasteiger partial charge in [-0.25, -0.2) is 13.6 Å². The van der Waals surface area contributed by atoms with Crippen LogP contribution in [0.5, 0.6) is 5.75 Å². The molecule has 0 heterocycles. The number of hydrogen-bond donors (Lipinski definition) is 3. The number of thioether (sulfide) groups is 1. The number of ether oxygens (including phenoxy) is 1. The molecular weight excluding hydrogens is 326 g/mol. The second-order valence-corrected chi connectivity index (χ2v) is 7.04. The van der Waals surface area contributed by atoms with Gasteiger partial charge in [-0.15, -0.1) is 11.8 Å². The van der Waals surface area contributed by atoms with Crippen molar-refractivity contribution in [2.45, 2.75) is 4.90 Å². The average molecular weight is 347 g/mol. The average Bonchev–Trinajstić information content (AvgIpc) is 2.47. The van der Waals surface area contributed by atoms with Crippen LogP contribution >= 0.6 is 11.8 Å². The summed E-state index contributed by atoms with van der Waals surface area (Å²) in [6, 6.07) is 5.89. The summed E-state index contributed by atoms with van der Waals surface area (Å²) >= 11 is 1.47. The smallest absolute Gasteiger partial charge is 0.238 e. The number of benzene rings is 1. The molecule has 1 aromatic carbocycles. The second kappa shape index (κ2) is 9.67. The fraction of sp³-hybridized carbons (Fsp3) is 0.462. The standard InChI is InChI=1S/C13H21N3O4S2/c1-15-6-7-16-13(17)10-21-9-8-20-11-2-4-12(5-3-11)22(14,18)19/h2-5,15H,6-10H2,1H3,(H,16,17)(H2,14,18,19). The van der Waals surface area contributed by atoms with E-state index in [0.29, 0.717) is 30.4 Å². The van der Waals surface area contributed by atoms with E-state index < -0.39 is 10.0 Å². The van der Waals surface area contributed by atoms with Crippen molar-refractivity contribution in [3.8, 4) is 5.75 Å². The predicted molar refractivity (Wildman–Crippen MR) is 87.6 cm³/mol. The predicted octanol–water partition coefficient (Wildman–Crippen LogP) is -0.218. The third-order valence-electron chi connectivity index (χ3n) is 2.58. The van der Waals surface area contributed by atoms with Gasteiger partial charge >= 0.3 is 0 Å². The number of rotatable bonds is 10. The highest BCUT2D eigenvalue weighted by atomic mass is 32.2. The normalized spacial score (nSPS) is 11.2. The van der Waals surface area contributed by atoms with Crippen molar-refractivity contribution in [1.82, 2.24) is 10.6 Å². The van der Waals surface area contributed by atoms with E-state index >= 15 is 0 Å². The summed E-state index contributed by atoms with van der Waals surface area (Å²) in [6.07, 6.45) is 0. The van der Waals surface area contributed by atoms with Gasteiger partial charge < -0.3 is 15.4 Å². The van der Waals surface area contributed by atoms with Gasteiger partial charge in [-0.05, 0) is 31.3 Å². The molecule has 0 fully saturated rings. The van der Waals surface area contributed by atoms with Crippen LogP contribution in [0.25, 0.3) is 0 Å². The maximum atomic E-state index is 11.4. The number of carbonyl (C=O) groups is 1. The molecule has 1 rings (SSSR count). The number of carbonyl (C=O) groups excluding carboxylic acids is 1. The first-order valence-corrected chi connectivity index (χ1v) is 9.38. The number of amides is 1. The molecule has 7 nitrogen and oxygen atoms in total. The first kappa shape index (κ1) is 18.8. The van der Waals surface area contributed by atoms with Gasteiger partial charge in [-0.3, -0.25) is 4.79 Å². The minimum absolute atomic E-state index is 0.00208. The van der Waals surface area contributed by atoms with Gasteiger partial charge in [0.05, 0.1) is 17.3 Å². The van der Waals surface area contributed by atoms with Gasteiger partial charge in [0.1, 0.15) is 5.75 Å². The lowest BCUT2D eigenvalue weighted by atomic mass is 10.3. The van der Waals surface area contributed by atoms with Crippen LogP contribution in [0, 0.1) is 0 Å². The molecule has 0 bridgehead atoms. The zero-order valence-electron chi connectivity index (χ0n) is 12.4. The molecule has 0 unspecified atom stereocenters. The molecule has 0 saturated carbocycles. The first-order valence-electron chi connectivity index (χ1n) is 6.68. The van der Waals surface area contributed by atoms with Crippen LogP contribution in [0.15, 0.2) is 29.2 Å². The number of nitrogens with one attached hydrogen (secondary N) is 2. The third kappa shape index (κ3) is 7.64. The summed E-state index contributed by atoms with van der Waals surface area (Å²) in [7, 11) is -1.85. The van der Waals surface area contributed by atoms with E-state index in [1.165, 1.54) is 23.9 Å². The van der Waals surface area contributed by atoms with Crippen LogP contribution in [0.1, 0.15) is 0 Å². The molecular formula is C13H21N3O4S2. The van der Waals surface area contributed by atoms with Gasteiger partial charge in [0.25, 0.3) is 0 Å². The highest BCUT2D eigenvalue weighted by Crippen LogP contribution is 2.15. The maximum absolute atomic E-state index is 11.4. The molecule has 124 valence electrons. The summed E-state index contributed by atoms with van der Waals surface area (Å²) in [5.74, 6) is 1.61. The molecule has 1 aromatic rings. The van der Waals surface area contributed by atoms with Crippen molar-refractivity contribution in [3.63, 3.8) is 0 Å². The molecule has 0 aliphatic carbocycles. The monoisotopic (exact) mass is 347 g/mol. The highest BCUT2D eigenvalue weighted by Gasteiger charge is 2.07. The highest BCUT2D eigenvalue weighted by molar-refractivity contribution is 7.99. The third-order valence-corrected chi connectivity index (χ3v) is 4.43. The molecule has 1 amide bonds. The van der Waals surface area contributed by atoms with E-state index in [2.05, 4.69) is 10.6 Å². The Bertz CT molecular complexity index is 561. The van der Waals surface area contributed by atoms with E-state index in [1.54, 1.807) is 12.1 Å². The topological polar surface area (TPSA) is 111 Å². The van der Waals surface area contributed by atoms with E-state index in [0.717, 1.165) is 6.54 Å². The van der Waals surface area contributed by atoms with Crippen LogP contribution in [-0.4, -0.2) is 52.6 Å². The van der Waals surface area contributed by atoms with Crippen molar-refractivity contribution in [1.29, 1.82) is 0 Å². The van der Waals surface area contributed by atoms with E-state index in [4.69, 9.17) is 9.88 Å². The van der Waals surface area contributed by atoms with Crippen molar-refractivity contribution in [3.05, 3.63) is 24.3 Å². The molecule has 0 atom stereocenters. The van der Waals surface area contributed by atoms with Gasteiger partial charge in [-0.2, -0.15) is 0 Å². The zero-order chi connectivity index (χ0) is 16.4. The Morgan fingerprint density at radius 2 is 1.95 bits per heavy atom. The number of likely N-dealkylation sites (N-methyl/N-ethyl adjacent to an activating group) is 1. The van der Waals surface area contributed by atoms with Gasteiger partial charge in [0, 0.05) is 18.8 Å². The fourth-order valence-corrected chi connectivity index (χ4v) is 2.64. The van der Waals surface area contributed by atoms with Crippen molar-refractivity contribution in [2.24, 2.45) is 5.14 Å². The fourth-order valence-electron chi connectivity index (χ4n) is 1.49. The first-order chi connectivity index (χ1) is 10.4. The van der Waals surface area contributed by atoms with Crippen LogP contribution in [-0.2, 0) is 14.8 Å². The molecule has 0 aliphatic rings. The summed E-state index contributed by atoms with van der Waals surface area (Å²) in [4.78, 5) is 11.5. The summed E-state index contributed by atoms with van der Waals surface area (Å²) in [6.45, 7) is 1.79. The van der Waals surface area contributed by atoms with Crippen LogP contribution < -0.4 is 20.5 Å². The Balaban J connectivity index is 2.18. The minimum atomic E-state index is -3.68. The van der Waals surface area contributed by atoms with Gasteiger partial charge in [0.15, 0.2) is 0 Å². The molecule has 0 saturated heterocycles. The minimum Gasteiger partial charge on any atom is -0.493 e. The second-order valence-electron chi connectivity index (χ2n) is 4.37. The summed E-state index contributed by atoms with van der Waals surface area (Å²) in [5, 5.41) is 10.7. The van der Waals surface area contributed by atoms with Crippen LogP contribution in [0.2, 0.25) is 0 Å². The maximum Gasteiger partial charge on any atom is 0.238 e. The van der Waals surface area contributed by atoms with E-state index in [1.807, 2.05) is 7.05 Å². The number of nitrogens with two attached hydrogens (primary N) is 1. The largest absolute Gasteiger partial charge is 0.493 e. The Morgan fingerprint density at radius 3 is 2.55 bits per heavy atom. The molecule has 0 aliphatic heterocycles. The van der Waals surface area contributed by atoms with E-state index in [9.17, 15) is 13.2 Å². The van der Waals surface area contributed by atoms with Crippen molar-refractivity contribution < 1.29 is 17.9 Å². The summed E-state index contributed by atoms with van der Waals surface area (Å²) in [5.41, 5.74) is 0. The number of sulfonamides is 1. The van der Waals surface area contributed by atoms with Gasteiger partial charge in [0.2, 0.25) is 15.9 Å². The van der Waals surface area contributed by atoms with Crippen LogP contribution in [0.4, 0.5) is 0 Å². The van der Waals surface area contributed by atoms with Crippen molar-refractivity contribution >= 4 is 27.7 Å². The Morgan fingerprint density at radius 1 is 1.27 bits per heavy atom. The zero-order valence-corrected chi connectivity index (χ0v) is 14.0. The lowest BCUT2D eigenvalue weighted by Crippen LogP contribution is -2.31. The lowest BCUT2D eigenvalue weighted by Gasteiger charge is -2.07. The molecule has 4 N–H and O–H groups in total. The van der Waals surface area contributed by atoms with Gasteiger partial charge in [-0.1, -0.05) is 0 Å². The summed E-state index contributed by atoms with van der Waals surface area (Å²) < 4.78 is 27.6. The molecule has 0 spiro atoms. The molecule has 9 heteroatoms. The quantitative estimate of drug-likeness (QED) is 0.505. The number of hydrogen-bond acceptors (Lipinski definition) is 6. The SMILES string of the molecule is CNCCNC(=O)CSCCOc1ccc(S(N)(=O)=O)cc1. The van der Waals surface area contributed by atoms with Crippen molar-refractivity contribution in [2.75, 3.05) is 38.2 Å². The Kier molecular flexibility index (Phi) is 8.25. The molecule has 0 aromatic heterocycles. The number of primary sulfonamides is 1. The van der Waals surface area contributed by atoms with E-state index in [-0.39, 0.29) is 10.8 Å². The molecule has 0 radical (unpaired) electrons. The Hall–Kier alpha value is -1.29. The lowest BCUT2D eigenvalue weighted by molar-refractivity contribution is -0.118.